The predicted molar refractivity (Wildman–Crippen MR) is 115 cm³/mol. The summed E-state index contributed by atoms with van der Waals surface area (Å²) in [6.45, 7) is 11.0. The second kappa shape index (κ2) is 9.21. The van der Waals surface area contributed by atoms with Crippen molar-refractivity contribution in [1.82, 2.24) is 9.55 Å². The molecule has 0 aliphatic carbocycles. The van der Waals surface area contributed by atoms with Gasteiger partial charge in [-0.15, -0.1) is 6.42 Å². The molecule has 7 nitrogen and oxygen atoms in total. The Balaban J connectivity index is 2.49. The number of aromatic nitrogens is 2. The molecule has 0 spiro atoms. The lowest BCUT2D eigenvalue weighted by atomic mass is 9.98. The first-order chi connectivity index (χ1) is 14.0. The van der Waals surface area contributed by atoms with Crippen molar-refractivity contribution in [2.45, 2.75) is 66.7 Å². The van der Waals surface area contributed by atoms with Crippen LogP contribution in [0.5, 0.6) is 11.5 Å². The minimum absolute atomic E-state index is 0.245. The highest BCUT2D eigenvalue weighted by Crippen LogP contribution is 2.31. The zero-order valence-corrected chi connectivity index (χ0v) is 18.6. The molecule has 0 atom stereocenters. The summed E-state index contributed by atoms with van der Waals surface area (Å²) in [6, 6.07) is 3.33. The Kier molecular flexibility index (Phi) is 7.14. The number of ether oxygens (including phenoxy) is 3. The van der Waals surface area contributed by atoms with E-state index in [9.17, 15) is 9.59 Å². The minimum atomic E-state index is -0.944. The van der Waals surface area contributed by atoms with Gasteiger partial charge in [-0.05, 0) is 41.0 Å². The van der Waals surface area contributed by atoms with Crippen molar-refractivity contribution < 1.29 is 19.0 Å². The number of benzene rings is 1. The molecule has 2 rings (SSSR count). The van der Waals surface area contributed by atoms with E-state index in [1.807, 2.05) is 0 Å². The third-order valence-electron chi connectivity index (χ3n) is 4.29. The van der Waals surface area contributed by atoms with Crippen LogP contribution in [-0.4, -0.2) is 27.7 Å². The van der Waals surface area contributed by atoms with E-state index in [1.165, 1.54) is 10.9 Å². The summed E-state index contributed by atoms with van der Waals surface area (Å²) in [4.78, 5) is 29.5. The summed E-state index contributed by atoms with van der Waals surface area (Å²) >= 11 is 0. The van der Waals surface area contributed by atoms with Gasteiger partial charge in [0.1, 0.15) is 23.2 Å². The molecular formula is C23H30N2O5. The third-order valence-corrected chi connectivity index (χ3v) is 4.29. The number of fused-ring (bicyclic) bond motifs is 1. The number of hydrogen-bond acceptors (Lipinski definition) is 6. The second-order valence-corrected chi connectivity index (χ2v) is 8.60. The molecule has 0 saturated heterocycles. The highest BCUT2D eigenvalue weighted by Gasteiger charge is 2.24. The molecule has 0 saturated carbocycles. The Labute approximate surface area is 177 Å². The molecule has 0 N–H and O–H groups in total. The zero-order chi connectivity index (χ0) is 22.5. The van der Waals surface area contributed by atoms with Gasteiger partial charge in [0.15, 0.2) is 12.3 Å². The molecule has 1 heterocycles. The van der Waals surface area contributed by atoms with Crippen molar-refractivity contribution in [3.05, 3.63) is 28.8 Å². The first-order valence-electron chi connectivity index (χ1n) is 9.98. The number of unbranched alkanes of at least 4 members (excludes halogenated alkanes) is 1. The van der Waals surface area contributed by atoms with Gasteiger partial charge in [0.2, 0.25) is 0 Å². The maximum Gasteiger partial charge on any atom is 0.312 e. The molecule has 0 aliphatic heterocycles. The molecule has 1 aromatic heterocycles. The number of hydrogen-bond donors (Lipinski definition) is 0. The Hall–Kier alpha value is -3.01. The van der Waals surface area contributed by atoms with Crippen LogP contribution in [0.2, 0.25) is 0 Å². The summed E-state index contributed by atoms with van der Waals surface area (Å²) in [5, 5.41) is 0.246. The smallest absolute Gasteiger partial charge is 0.312 e. The Morgan fingerprint density at radius 2 is 1.93 bits per heavy atom. The van der Waals surface area contributed by atoms with Crippen LogP contribution >= 0.6 is 0 Å². The van der Waals surface area contributed by atoms with Crippen molar-refractivity contribution in [3.63, 3.8) is 0 Å². The lowest BCUT2D eigenvalue weighted by molar-refractivity contribution is -0.157. The van der Waals surface area contributed by atoms with E-state index < -0.39 is 22.5 Å². The molecule has 1 aromatic carbocycles. The normalized spacial score (nSPS) is 11.8. The summed E-state index contributed by atoms with van der Waals surface area (Å²) in [6.07, 6.45) is 8.80. The van der Waals surface area contributed by atoms with E-state index in [0.717, 1.165) is 12.8 Å². The number of esters is 1. The topological polar surface area (TPSA) is 79.7 Å². The highest BCUT2D eigenvalue weighted by molar-refractivity contribution is 5.86. The van der Waals surface area contributed by atoms with Gasteiger partial charge in [0.25, 0.3) is 5.56 Å². The van der Waals surface area contributed by atoms with Crippen LogP contribution in [0.15, 0.2) is 23.3 Å². The van der Waals surface area contributed by atoms with Gasteiger partial charge in [-0.3, -0.25) is 14.2 Å². The number of carbonyl (C=O) groups excluding carboxylic acids is 1. The third kappa shape index (κ3) is 5.76. The standard InChI is InChI=1S/C23H30N2O5/c1-8-10-11-28-16-12-17-19(18(13-16)30-23(6,7)9-2)20(26)25(14-24-17)15-29-21(27)22(3,4)5/h2,12-14H,8,10-11,15H2,1,3-7H3. The van der Waals surface area contributed by atoms with Crippen molar-refractivity contribution >= 4 is 16.9 Å². The molecule has 30 heavy (non-hydrogen) atoms. The number of carbonyl (C=O) groups is 1. The molecular weight excluding hydrogens is 384 g/mol. The number of terminal acetylenes is 1. The van der Waals surface area contributed by atoms with Crippen LogP contribution in [0.1, 0.15) is 54.4 Å². The highest BCUT2D eigenvalue weighted by atomic mass is 16.5. The van der Waals surface area contributed by atoms with Crippen LogP contribution in [0.25, 0.3) is 10.9 Å². The Bertz CT molecular complexity index is 1010. The number of rotatable bonds is 8. The van der Waals surface area contributed by atoms with Gasteiger partial charge in [0.05, 0.1) is 17.5 Å². The fourth-order valence-corrected chi connectivity index (χ4v) is 2.46. The monoisotopic (exact) mass is 414 g/mol. The largest absolute Gasteiger partial charge is 0.493 e. The molecule has 2 aromatic rings. The van der Waals surface area contributed by atoms with Crippen LogP contribution in [0.3, 0.4) is 0 Å². The van der Waals surface area contributed by atoms with Gasteiger partial charge in [-0.2, -0.15) is 0 Å². The van der Waals surface area contributed by atoms with E-state index in [-0.39, 0.29) is 17.9 Å². The molecule has 0 amide bonds. The summed E-state index contributed by atoms with van der Waals surface area (Å²) in [5.41, 5.74) is -1.61. The van der Waals surface area contributed by atoms with Crippen LogP contribution in [-0.2, 0) is 16.3 Å². The van der Waals surface area contributed by atoms with Gasteiger partial charge < -0.3 is 14.2 Å². The summed E-state index contributed by atoms with van der Waals surface area (Å²) in [7, 11) is 0. The molecule has 0 fully saturated rings. The fraction of sp³-hybridized carbons (Fsp3) is 0.522. The molecule has 0 unspecified atom stereocenters. The molecule has 7 heteroatoms. The lowest BCUT2D eigenvalue weighted by Crippen LogP contribution is -2.29. The Morgan fingerprint density at radius 3 is 2.53 bits per heavy atom. The first kappa shape index (κ1) is 23.3. The van der Waals surface area contributed by atoms with Crippen molar-refractivity contribution in [2.24, 2.45) is 5.41 Å². The summed E-state index contributed by atoms with van der Waals surface area (Å²) < 4.78 is 18.2. The molecule has 162 valence electrons. The maximum atomic E-state index is 13.1. The van der Waals surface area contributed by atoms with Crippen molar-refractivity contribution in [2.75, 3.05) is 6.61 Å². The average molecular weight is 415 g/mol. The van der Waals surface area contributed by atoms with Crippen LogP contribution in [0, 0.1) is 17.8 Å². The fourth-order valence-electron chi connectivity index (χ4n) is 2.46. The average Bonchev–Trinajstić information content (AvgIpc) is 2.66. The Morgan fingerprint density at radius 1 is 1.23 bits per heavy atom. The number of nitrogens with zero attached hydrogens (tertiary/aromatic N) is 2. The van der Waals surface area contributed by atoms with Gasteiger partial charge >= 0.3 is 5.97 Å². The predicted octanol–water partition coefficient (Wildman–Crippen LogP) is 3.91. The van der Waals surface area contributed by atoms with E-state index >= 15 is 0 Å². The van der Waals surface area contributed by atoms with Gasteiger partial charge in [0, 0.05) is 12.1 Å². The molecule has 0 radical (unpaired) electrons. The minimum Gasteiger partial charge on any atom is -0.493 e. The quantitative estimate of drug-likeness (QED) is 0.370. The van der Waals surface area contributed by atoms with Crippen molar-refractivity contribution in [3.8, 4) is 23.8 Å². The molecule has 0 bridgehead atoms. The summed E-state index contributed by atoms with van der Waals surface area (Å²) in [5.74, 6) is 2.96. The van der Waals surface area contributed by atoms with E-state index in [0.29, 0.717) is 17.9 Å². The maximum absolute atomic E-state index is 13.1. The van der Waals surface area contributed by atoms with E-state index in [4.69, 9.17) is 20.6 Å². The van der Waals surface area contributed by atoms with E-state index in [1.54, 1.807) is 46.8 Å². The van der Waals surface area contributed by atoms with Crippen molar-refractivity contribution in [1.29, 1.82) is 0 Å². The zero-order valence-electron chi connectivity index (χ0n) is 18.6. The van der Waals surface area contributed by atoms with E-state index in [2.05, 4.69) is 17.8 Å². The first-order valence-corrected chi connectivity index (χ1v) is 9.98. The molecule has 0 aliphatic rings. The van der Waals surface area contributed by atoms with Gasteiger partial charge in [-0.1, -0.05) is 19.3 Å². The SMILES string of the molecule is C#CC(C)(C)Oc1cc(OCCCC)cc2ncn(COC(=O)C(C)(C)C)c(=O)c12. The van der Waals surface area contributed by atoms with Crippen LogP contribution in [0.4, 0.5) is 0 Å². The lowest BCUT2D eigenvalue weighted by Gasteiger charge is -2.22. The van der Waals surface area contributed by atoms with Crippen LogP contribution < -0.4 is 15.0 Å². The second-order valence-electron chi connectivity index (χ2n) is 8.60. The van der Waals surface area contributed by atoms with Gasteiger partial charge in [-0.25, -0.2) is 4.98 Å².